The molecule has 2 rings (SSSR count). The van der Waals surface area contributed by atoms with Crippen LogP contribution in [0.2, 0.25) is 0 Å². The first-order valence-corrected chi connectivity index (χ1v) is 6.49. The zero-order chi connectivity index (χ0) is 12.8. The molecule has 0 aliphatic rings. The molecule has 0 aliphatic heterocycles. The summed E-state index contributed by atoms with van der Waals surface area (Å²) < 4.78 is 28.8. The average molecular weight is 269 g/mol. The van der Waals surface area contributed by atoms with Gasteiger partial charge in [0.05, 0.1) is 5.69 Å². The van der Waals surface area contributed by atoms with Crippen molar-refractivity contribution < 1.29 is 13.5 Å². The van der Waals surface area contributed by atoms with E-state index in [2.05, 4.69) is 15.4 Å². The topological polar surface area (TPSA) is 21.3 Å². The van der Waals surface area contributed by atoms with Crippen LogP contribution in [-0.4, -0.2) is 13.2 Å². The summed E-state index contributed by atoms with van der Waals surface area (Å²) in [5.74, 6) is 0.179. The molecule has 0 bridgehead atoms. The number of halogens is 2. The number of nitrogens with one attached hydrogen (secondary N) is 1. The molecule has 0 unspecified atom stereocenters. The SMILES string of the molecule is FC(F)Oc1ccccc1NCCc1ccsc1. The van der Waals surface area contributed by atoms with Crippen LogP contribution in [-0.2, 0) is 6.42 Å². The summed E-state index contributed by atoms with van der Waals surface area (Å²) in [6.07, 6.45) is 0.854. The molecule has 1 aromatic heterocycles. The Kier molecular flexibility index (Phi) is 4.52. The summed E-state index contributed by atoms with van der Waals surface area (Å²) >= 11 is 1.65. The first kappa shape index (κ1) is 12.8. The number of hydrogen-bond donors (Lipinski definition) is 1. The lowest BCUT2D eigenvalue weighted by molar-refractivity contribution is -0.0493. The fourth-order valence-corrected chi connectivity index (χ4v) is 2.29. The average Bonchev–Trinajstić information content (AvgIpc) is 2.84. The van der Waals surface area contributed by atoms with E-state index in [0.717, 1.165) is 6.42 Å². The molecule has 1 N–H and O–H groups in total. The summed E-state index contributed by atoms with van der Waals surface area (Å²) in [6, 6.07) is 8.76. The smallest absolute Gasteiger partial charge is 0.387 e. The van der Waals surface area contributed by atoms with Gasteiger partial charge in [-0.2, -0.15) is 20.1 Å². The number of anilines is 1. The first-order valence-electron chi connectivity index (χ1n) is 5.54. The van der Waals surface area contributed by atoms with Gasteiger partial charge in [0.1, 0.15) is 5.75 Å². The maximum absolute atomic E-state index is 12.2. The summed E-state index contributed by atoms with van der Waals surface area (Å²) in [7, 11) is 0. The van der Waals surface area contributed by atoms with E-state index in [0.29, 0.717) is 12.2 Å². The van der Waals surface area contributed by atoms with Crippen LogP contribution in [0.3, 0.4) is 0 Å². The van der Waals surface area contributed by atoms with Crippen molar-refractivity contribution in [2.75, 3.05) is 11.9 Å². The van der Waals surface area contributed by atoms with E-state index < -0.39 is 6.61 Å². The molecule has 18 heavy (non-hydrogen) atoms. The Hall–Kier alpha value is -1.62. The van der Waals surface area contributed by atoms with Gasteiger partial charge in [0, 0.05) is 6.54 Å². The second-order valence-electron chi connectivity index (χ2n) is 3.68. The third-order valence-electron chi connectivity index (χ3n) is 2.41. The van der Waals surface area contributed by atoms with E-state index in [1.54, 1.807) is 29.5 Å². The van der Waals surface area contributed by atoms with Crippen LogP contribution < -0.4 is 10.1 Å². The zero-order valence-electron chi connectivity index (χ0n) is 9.61. The Morgan fingerprint density at radius 1 is 1.22 bits per heavy atom. The normalized spacial score (nSPS) is 10.6. The van der Waals surface area contributed by atoms with Crippen LogP contribution in [0.5, 0.6) is 5.75 Å². The van der Waals surface area contributed by atoms with Crippen molar-refractivity contribution in [3.63, 3.8) is 0 Å². The van der Waals surface area contributed by atoms with Gasteiger partial charge < -0.3 is 10.1 Å². The highest BCUT2D eigenvalue weighted by Crippen LogP contribution is 2.25. The van der Waals surface area contributed by atoms with Gasteiger partial charge in [0.25, 0.3) is 0 Å². The van der Waals surface area contributed by atoms with Crippen LogP contribution in [0.25, 0.3) is 0 Å². The van der Waals surface area contributed by atoms with Crippen LogP contribution >= 0.6 is 11.3 Å². The molecular weight excluding hydrogens is 256 g/mol. The van der Waals surface area contributed by atoms with E-state index in [1.165, 1.54) is 11.6 Å². The van der Waals surface area contributed by atoms with Gasteiger partial charge >= 0.3 is 6.61 Å². The molecule has 1 heterocycles. The highest BCUT2D eigenvalue weighted by molar-refractivity contribution is 7.07. The Bertz CT molecular complexity index is 474. The highest BCUT2D eigenvalue weighted by Gasteiger charge is 2.08. The minimum atomic E-state index is -2.80. The van der Waals surface area contributed by atoms with Crippen LogP contribution in [0.4, 0.5) is 14.5 Å². The van der Waals surface area contributed by atoms with Gasteiger partial charge in [-0.3, -0.25) is 0 Å². The molecule has 96 valence electrons. The maximum Gasteiger partial charge on any atom is 0.387 e. The van der Waals surface area contributed by atoms with Crippen molar-refractivity contribution >= 4 is 17.0 Å². The largest absolute Gasteiger partial charge is 0.433 e. The lowest BCUT2D eigenvalue weighted by Crippen LogP contribution is -2.08. The molecule has 0 atom stereocenters. The second-order valence-corrected chi connectivity index (χ2v) is 4.46. The molecule has 0 saturated carbocycles. The van der Waals surface area contributed by atoms with Gasteiger partial charge in [0.15, 0.2) is 0 Å². The number of ether oxygens (including phenoxy) is 1. The number of alkyl halides is 2. The van der Waals surface area contributed by atoms with E-state index in [4.69, 9.17) is 0 Å². The monoisotopic (exact) mass is 269 g/mol. The summed E-state index contributed by atoms with van der Waals surface area (Å²) in [5, 5.41) is 7.19. The molecule has 0 aliphatic carbocycles. The Morgan fingerprint density at radius 2 is 2.06 bits per heavy atom. The highest BCUT2D eigenvalue weighted by atomic mass is 32.1. The fraction of sp³-hybridized carbons (Fsp3) is 0.231. The molecule has 0 fully saturated rings. The summed E-state index contributed by atoms with van der Waals surface area (Å²) in [4.78, 5) is 0. The second kappa shape index (κ2) is 6.35. The van der Waals surface area contributed by atoms with Crippen LogP contribution in [0.15, 0.2) is 41.1 Å². The lowest BCUT2D eigenvalue weighted by Gasteiger charge is -2.12. The molecule has 0 saturated heterocycles. The molecular formula is C13H13F2NOS. The van der Waals surface area contributed by atoms with Crippen molar-refractivity contribution in [2.45, 2.75) is 13.0 Å². The molecule has 0 spiro atoms. The van der Waals surface area contributed by atoms with Gasteiger partial charge in [-0.15, -0.1) is 0 Å². The lowest BCUT2D eigenvalue weighted by atomic mass is 10.2. The van der Waals surface area contributed by atoms with Gasteiger partial charge in [-0.25, -0.2) is 0 Å². The standard InChI is InChI=1S/C13H13F2NOS/c14-13(15)17-12-4-2-1-3-11(12)16-7-5-10-6-8-18-9-10/h1-4,6,8-9,13,16H,5,7H2. The number of rotatable bonds is 6. The van der Waals surface area contributed by atoms with Crippen molar-refractivity contribution in [3.8, 4) is 5.75 Å². The van der Waals surface area contributed by atoms with Crippen LogP contribution in [0, 0.1) is 0 Å². The van der Waals surface area contributed by atoms with Crippen LogP contribution in [0.1, 0.15) is 5.56 Å². The minimum absolute atomic E-state index is 0.179. The number of para-hydroxylation sites is 2. The molecule has 2 aromatic rings. The van der Waals surface area contributed by atoms with Crippen molar-refractivity contribution in [1.29, 1.82) is 0 Å². The molecule has 5 heteroatoms. The molecule has 2 nitrogen and oxygen atoms in total. The quantitative estimate of drug-likeness (QED) is 0.855. The van der Waals surface area contributed by atoms with Gasteiger partial charge in [0.2, 0.25) is 0 Å². The first-order chi connectivity index (χ1) is 8.75. The summed E-state index contributed by atoms with van der Waals surface area (Å²) in [5.41, 5.74) is 1.83. The fourth-order valence-electron chi connectivity index (χ4n) is 1.59. The third kappa shape index (κ3) is 3.70. The van der Waals surface area contributed by atoms with E-state index >= 15 is 0 Å². The van der Waals surface area contributed by atoms with Gasteiger partial charge in [-0.05, 0) is 40.9 Å². The number of hydrogen-bond acceptors (Lipinski definition) is 3. The Balaban J connectivity index is 1.92. The number of benzene rings is 1. The maximum atomic E-state index is 12.2. The molecule has 0 amide bonds. The summed E-state index contributed by atoms with van der Waals surface area (Å²) in [6.45, 7) is -2.12. The predicted molar refractivity (Wildman–Crippen MR) is 69.6 cm³/mol. The number of thiophene rings is 1. The van der Waals surface area contributed by atoms with Crippen molar-refractivity contribution in [1.82, 2.24) is 0 Å². The van der Waals surface area contributed by atoms with Crippen molar-refractivity contribution in [3.05, 3.63) is 46.7 Å². The third-order valence-corrected chi connectivity index (χ3v) is 3.14. The van der Waals surface area contributed by atoms with Crippen molar-refractivity contribution in [2.24, 2.45) is 0 Å². The predicted octanol–water partition coefficient (Wildman–Crippen LogP) is 4.00. The van der Waals surface area contributed by atoms with E-state index in [9.17, 15) is 8.78 Å². The molecule has 0 radical (unpaired) electrons. The zero-order valence-corrected chi connectivity index (χ0v) is 10.4. The Labute approximate surface area is 108 Å². The Morgan fingerprint density at radius 3 is 2.78 bits per heavy atom. The van der Waals surface area contributed by atoms with Gasteiger partial charge in [-0.1, -0.05) is 12.1 Å². The molecule has 1 aromatic carbocycles. The minimum Gasteiger partial charge on any atom is -0.433 e. The van der Waals surface area contributed by atoms with E-state index in [-0.39, 0.29) is 5.75 Å². The van der Waals surface area contributed by atoms with E-state index in [1.807, 2.05) is 11.4 Å².